The van der Waals surface area contributed by atoms with E-state index >= 15 is 0 Å². The number of halogens is 1. The number of anilines is 1. The number of allylic oxidation sites excluding steroid dienone is 2. The summed E-state index contributed by atoms with van der Waals surface area (Å²) in [6.45, 7) is 1.95. The molecule has 0 spiro atoms. The summed E-state index contributed by atoms with van der Waals surface area (Å²) in [7, 11) is 1.51. The van der Waals surface area contributed by atoms with E-state index in [1.165, 1.54) is 24.1 Å². The summed E-state index contributed by atoms with van der Waals surface area (Å²) in [5.41, 5.74) is 5.36. The molecule has 4 aliphatic rings. The maximum absolute atomic E-state index is 15.0. The number of nitrogens with zero attached hydrogens (tertiary/aromatic N) is 2. The number of carbonyl (C=O) groups is 4. The predicted molar refractivity (Wildman–Crippen MR) is 160 cm³/mol. The van der Waals surface area contributed by atoms with Crippen LogP contribution in [0.3, 0.4) is 0 Å². The van der Waals surface area contributed by atoms with E-state index in [1.54, 1.807) is 6.07 Å². The SMILES string of the molecule is Cc1ccc(NN2C(=O)[C@@H]3C[C@@H]4C(=CC[C@@H]5C(=O)N(C)C(=O)[C@@H]54)[C@H](c4ccc(O)cc4Cl)[C@]3(c3ccccc3)C2=O)cc1. The van der Waals surface area contributed by atoms with Gasteiger partial charge < -0.3 is 5.11 Å². The van der Waals surface area contributed by atoms with Crippen LogP contribution in [0.4, 0.5) is 5.69 Å². The highest BCUT2D eigenvalue weighted by atomic mass is 35.5. The number of hydrogen-bond acceptors (Lipinski definition) is 6. The first kappa shape index (κ1) is 27.4. The first-order chi connectivity index (χ1) is 20.6. The number of carbonyl (C=O) groups excluding carboxylic acids is 4. The highest BCUT2D eigenvalue weighted by Crippen LogP contribution is 2.64. The lowest BCUT2D eigenvalue weighted by atomic mass is 9.49. The highest BCUT2D eigenvalue weighted by molar-refractivity contribution is 6.31. The Morgan fingerprint density at radius 2 is 1.63 bits per heavy atom. The number of rotatable bonds is 4. The van der Waals surface area contributed by atoms with Crippen molar-refractivity contribution in [1.29, 1.82) is 0 Å². The standard InChI is InChI=1S/C34H30ClN3O5/c1-18-8-10-20(11-9-18)36-38-31(41)26-17-25-22(14-15-24-28(25)32(42)37(2)30(24)40)29(23-13-12-21(39)16-27(23)35)34(26,33(38)43)19-6-4-3-5-7-19/h3-14,16,24-26,28-29,36,39H,15,17H2,1-2H3/t24-,25+,26-,28-,29+,34+/m0/s1. The second-order valence-corrected chi connectivity index (χ2v) is 12.4. The van der Waals surface area contributed by atoms with E-state index in [2.05, 4.69) is 5.43 Å². The number of hydrogen-bond donors (Lipinski definition) is 2. The number of phenols is 1. The van der Waals surface area contributed by atoms with E-state index in [9.17, 15) is 24.3 Å². The Morgan fingerprint density at radius 3 is 2.33 bits per heavy atom. The Hall–Kier alpha value is -4.43. The lowest BCUT2D eigenvalue weighted by Crippen LogP contribution is -2.53. The summed E-state index contributed by atoms with van der Waals surface area (Å²) in [4.78, 5) is 57.2. The number of aromatic hydroxyl groups is 1. The molecule has 2 N–H and O–H groups in total. The molecule has 1 saturated carbocycles. The molecule has 43 heavy (non-hydrogen) atoms. The average Bonchev–Trinajstić information content (AvgIpc) is 3.35. The van der Waals surface area contributed by atoms with E-state index in [0.717, 1.165) is 16.1 Å². The smallest absolute Gasteiger partial charge is 0.260 e. The lowest BCUT2D eigenvalue weighted by Gasteiger charge is -2.50. The largest absolute Gasteiger partial charge is 0.508 e. The molecule has 2 aliphatic carbocycles. The zero-order chi connectivity index (χ0) is 30.2. The fraction of sp³-hybridized carbons (Fsp3) is 0.294. The van der Waals surface area contributed by atoms with Gasteiger partial charge in [0, 0.05) is 18.0 Å². The van der Waals surface area contributed by atoms with Crippen LogP contribution in [0.15, 0.2) is 84.4 Å². The molecule has 2 saturated heterocycles. The third kappa shape index (κ3) is 3.82. The monoisotopic (exact) mass is 595 g/mol. The van der Waals surface area contributed by atoms with Gasteiger partial charge in [0.15, 0.2) is 0 Å². The summed E-state index contributed by atoms with van der Waals surface area (Å²) in [5.74, 6) is -4.52. The van der Waals surface area contributed by atoms with E-state index < -0.39 is 46.8 Å². The molecule has 3 aromatic carbocycles. The number of nitrogens with one attached hydrogen (secondary N) is 1. The summed E-state index contributed by atoms with van der Waals surface area (Å²) in [5, 5.41) is 11.6. The van der Waals surface area contributed by atoms with Crippen molar-refractivity contribution in [3.8, 4) is 5.75 Å². The van der Waals surface area contributed by atoms with Gasteiger partial charge >= 0.3 is 0 Å². The van der Waals surface area contributed by atoms with Crippen molar-refractivity contribution >= 4 is 40.9 Å². The van der Waals surface area contributed by atoms with Crippen molar-refractivity contribution in [1.82, 2.24) is 9.91 Å². The van der Waals surface area contributed by atoms with Gasteiger partial charge in [0.25, 0.3) is 11.8 Å². The zero-order valence-electron chi connectivity index (χ0n) is 23.7. The van der Waals surface area contributed by atoms with Crippen LogP contribution in [-0.2, 0) is 24.6 Å². The van der Waals surface area contributed by atoms with Gasteiger partial charge in [0.2, 0.25) is 11.8 Å². The maximum atomic E-state index is 15.0. The van der Waals surface area contributed by atoms with Crippen molar-refractivity contribution in [2.24, 2.45) is 23.7 Å². The Labute approximate surface area is 253 Å². The molecular formula is C34H30ClN3O5. The average molecular weight is 596 g/mol. The Balaban J connectivity index is 1.47. The predicted octanol–water partition coefficient (Wildman–Crippen LogP) is 4.97. The van der Waals surface area contributed by atoms with Crippen molar-refractivity contribution in [3.05, 3.63) is 106 Å². The Bertz CT molecular complexity index is 1720. The van der Waals surface area contributed by atoms with Gasteiger partial charge in [-0.1, -0.05) is 77.3 Å². The second-order valence-electron chi connectivity index (χ2n) is 12.0. The van der Waals surface area contributed by atoms with Crippen LogP contribution in [0.25, 0.3) is 0 Å². The molecule has 7 rings (SSSR count). The van der Waals surface area contributed by atoms with E-state index in [1.807, 2.05) is 67.6 Å². The molecule has 0 bridgehead atoms. The van der Waals surface area contributed by atoms with Crippen LogP contribution in [-0.4, -0.2) is 45.7 Å². The maximum Gasteiger partial charge on any atom is 0.260 e. The molecular weight excluding hydrogens is 566 g/mol. The number of aryl methyl sites for hydroxylation is 1. The Morgan fingerprint density at radius 1 is 0.907 bits per heavy atom. The fourth-order valence-electron chi connectivity index (χ4n) is 8.00. The lowest BCUT2D eigenvalue weighted by molar-refractivity contribution is -0.140. The minimum atomic E-state index is -1.40. The fourth-order valence-corrected chi connectivity index (χ4v) is 8.28. The van der Waals surface area contributed by atoms with E-state index in [0.29, 0.717) is 23.2 Å². The second kappa shape index (κ2) is 9.81. The van der Waals surface area contributed by atoms with Crippen LogP contribution in [0, 0.1) is 30.6 Å². The van der Waals surface area contributed by atoms with Crippen LogP contribution < -0.4 is 5.43 Å². The molecule has 0 unspecified atom stereocenters. The zero-order valence-corrected chi connectivity index (χ0v) is 24.4. The van der Waals surface area contributed by atoms with Crippen molar-refractivity contribution in [2.45, 2.75) is 31.1 Å². The molecule has 2 heterocycles. The number of imide groups is 2. The van der Waals surface area contributed by atoms with Crippen LogP contribution in [0.2, 0.25) is 5.02 Å². The normalized spacial score (nSPS) is 29.7. The van der Waals surface area contributed by atoms with E-state index in [4.69, 9.17) is 11.6 Å². The molecule has 0 aromatic heterocycles. The molecule has 0 radical (unpaired) electrons. The first-order valence-corrected chi connectivity index (χ1v) is 14.8. The number of hydrazine groups is 1. The van der Waals surface area contributed by atoms with Gasteiger partial charge in [-0.25, -0.2) is 0 Å². The van der Waals surface area contributed by atoms with Gasteiger partial charge in [-0.3, -0.25) is 29.5 Å². The van der Waals surface area contributed by atoms with Crippen LogP contribution in [0.5, 0.6) is 5.75 Å². The quantitative estimate of drug-likeness (QED) is 0.326. The number of amides is 4. The molecule has 2 aliphatic heterocycles. The molecule has 3 fully saturated rings. The number of benzene rings is 3. The number of fused-ring (bicyclic) bond motifs is 4. The summed E-state index contributed by atoms with van der Waals surface area (Å²) < 4.78 is 0. The summed E-state index contributed by atoms with van der Waals surface area (Å²) in [6.07, 6.45) is 2.55. The third-order valence-corrected chi connectivity index (χ3v) is 10.2. The van der Waals surface area contributed by atoms with Crippen molar-refractivity contribution in [2.75, 3.05) is 12.5 Å². The number of phenolic OH excluding ortho intramolecular Hbond substituents is 1. The van der Waals surface area contributed by atoms with E-state index in [-0.39, 0.29) is 29.0 Å². The van der Waals surface area contributed by atoms with Gasteiger partial charge in [-0.05, 0) is 61.1 Å². The van der Waals surface area contributed by atoms with Crippen LogP contribution >= 0.6 is 11.6 Å². The van der Waals surface area contributed by atoms with Crippen molar-refractivity contribution in [3.63, 3.8) is 0 Å². The van der Waals surface area contributed by atoms with Crippen molar-refractivity contribution < 1.29 is 24.3 Å². The molecule has 8 nitrogen and oxygen atoms in total. The van der Waals surface area contributed by atoms with Gasteiger partial charge in [-0.15, -0.1) is 0 Å². The molecule has 218 valence electrons. The molecule has 6 atom stereocenters. The minimum absolute atomic E-state index is 0.0289. The van der Waals surface area contributed by atoms with Gasteiger partial charge in [0.1, 0.15) is 5.75 Å². The first-order valence-electron chi connectivity index (χ1n) is 14.4. The van der Waals surface area contributed by atoms with Gasteiger partial charge in [0.05, 0.1) is 28.9 Å². The highest BCUT2D eigenvalue weighted by Gasteiger charge is 2.70. The topological polar surface area (TPSA) is 107 Å². The summed E-state index contributed by atoms with van der Waals surface area (Å²) in [6, 6.07) is 21.3. The Kier molecular flexibility index (Phi) is 6.25. The molecule has 3 aromatic rings. The molecule has 4 amide bonds. The minimum Gasteiger partial charge on any atom is -0.508 e. The molecule has 9 heteroatoms. The van der Waals surface area contributed by atoms with Gasteiger partial charge in [-0.2, -0.15) is 5.01 Å². The number of likely N-dealkylation sites (tertiary alicyclic amines) is 1. The van der Waals surface area contributed by atoms with Crippen LogP contribution in [0.1, 0.15) is 35.4 Å². The summed E-state index contributed by atoms with van der Waals surface area (Å²) >= 11 is 6.84. The third-order valence-electron chi connectivity index (χ3n) is 9.91.